The number of piperazine rings is 1. The SMILES string of the molecule is Cc1cc(C)c(-c2ccc(N3CCN(C(=O)Nc4cccc(C)c4C)CC3)nn2)cc1C. The second-order valence-corrected chi connectivity index (χ2v) is 8.68. The zero-order valence-corrected chi connectivity index (χ0v) is 19.6. The Balaban J connectivity index is 1.39. The van der Waals surface area contributed by atoms with Gasteiger partial charge in [0, 0.05) is 37.4 Å². The van der Waals surface area contributed by atoms with Gasteiger partial charge >= 0.3 is 6.03 Å². The normalized spacial score (nSPS) is 13.9. The Hall–Kier alpha value is -3.41. The first-order valence-corrected chi connectivity index (χ1v) is 11.1. The fourth-order valence-electron chi connectivity index (χ4n) is 4.09. The summed E-state index contributed by atoms with van der Waals surface area (Å²) in [6.45, 7) is 13.2. The standard InChI is InChI=1S/C26H31N5O/c1-17-7-6-8-23(21(17)5)27-26(32)31-13-11-30(12-14-31)25-10-9-24(28-29-25)22-16-19(3)18(2)15-20(22)4/h6-10,15-16H,11-14H2,1-5H3,(H,27,32). The first-order chi connectivity index (χ1) is 15.3. The van der Waals surface area contributed by atoms with E-state index in [1.54, 1.807) is 0 Å². The number of benzene rings is 2. The predicted octanol–water partition coefficient (Wildman–Crippen LogP) is 5.04. The van der Waals surface area contributed by atoms with Gasteiger partial charge in [0.05, 0.1) is 5.69 Å². The Kier molecular flexibility index (Phi) is 6.12. The number of urea groups is 1. The number of aromatic nitrogens is 2. The number of anilines is 2. The van der Waals surface area contributed by atoms with Crippen LogP contribution in [0.25, 0.3) is 11.3 Å². The van der Waals surface area contributed by atoms with Crippen LogP contribution < -0.4 is 10.2 Å². The summed E-state index contributed by atoms with van der Waals surface area (Å²) in [7, 11) is 0. The Morgan fingerprint density at radius 3 is 2.22 bits per heavy atom. The molecule has 0 bridgehead atoms. The molecule has 2 aromatic carbocycles. The molecule has 1 fully saturated rings. The van der Waals surface area contributed by atoms with Gasteiger partial charge in [-0.2, -0.15) is 0 Å². The van der Waals surface area contributed by atoms with Crippen LogP contribution in [0.15, 0.2) is 42.5 Å². The van der Waals surface area contributed by atoms with Gasteiger partial charge in [-0.3, -0.25) is 0 Å². The molecule has 2 heterocycles. The van der Waals surface area contributed by atoms with Crippen LogP contribution in [0.1, 0.15) is 27.8 Å². The highest BCUT2D eigenvalue weighted by Gasteiger charge is 2.23. The molecule has 3 aromatic rings. The summed E-state index contributed by atoms with van der Waals surface area (Å²) < 4.78 is 0. The van der Waals surface area contributed by atoms with E-state index >= 15 is 0 Å². The molecular weight excluding hydrogens is 398 g/mol. The summed E-state index contributed by atoms with van der Waals surface area (Å²) in [4.78, 5) is 16.8. The fraction of sp³-hybridized carbons (Fsp3) is 0.346. The molecule has 0 radical (unpaired) electrons. The quantitative estimate of drug-likeness (QED) is 0.634. The molecule has 0 unspecified atom stereocenters. The molecule has 0 atom stereocenters. The molecule has 2 amide bonds. The van der Waals surface area contributed by atoms with Crippen molar-refractivity contribution in [3.8, 4) is 11.3 Å². The maximum Gasteiger partial charge on any atom is 0.321 e. The molecule has 1 aliphatic rings. The number of aryl methyl sites for hydroxylation is 4. The lowest BCUT2D eigenvalue weighted by atomic mass is 9.99. The third-order valence-electron chi connectivity index (χ3n) is 6.50. The van der Waals surface area contributed by atoms with Gasteiger partial charge in [0.1, 0.15) is 0 Å². The minimum absolute atomic E-state index is 0.0509. The van der Waals surface area contributed by atoms with E-state index in [4.69, 9.17) is 0 Å². The highest BCUT2D eigenvalue weighted by atomic mass is 16.2. The van der Waals surface area contributed by atoms with Crippen molar-refractivity contribution in [2.45, 2.75) is 34.6 Å². The van der Waals surface area contributed by atoms with Gasteiger partial charge in [-0.15, -0.1) is 10.2 Å². The lowest BCUT2D eigenvalue weighted by molar-refractivity contribution is 0.208. The predicted molar refractivity (Wildman–Crippen MR) is 130 cm³/mol. The molecule has 1 N–H and O–H groups in total. The van der Waals surface area contributed by atoms with Crippen molar-refractivity contribution in [1.29, 1.82) is 0 Å². The van der Waals surface area contributed by atoms with Crippen LogP contribution in [0, 0.1) is 34.6 Å². The van der Waals surface area contributed by atoms with Crippen molar-refractivity contribution >= 4 is 17.5 Å². The summed E-state index contributed by atoms with van der Waals surface area (Å²) in [6, 6.07) is 14.4. The number of hydrogen-bond donors (Lipinski definition) is 1. The van der Waals surface area contributed by atoms with E-state index in [9.17, 15) is 4.79 Å². The summed E-state index contributed by atoms with van der Waals surface area (Å²) in [5.74, 6) is 0.852. The van der Waals surface area contributed by atoms with E-state index in [-0.39, 0.29) is 6.03 Å². The Labute approximate surface area is 190 Å². The van der Waals surface area contributed by atoms with Gasteiger partial charge in [0.25, 0.3) is 0 Å². The van der Waals surface area contributed by atoms with E-state index in [2.05, 4.69) is 66.3 Å². The van der Waals surface area contributed by atoms with Crippen LogP contribution >= 0.6 is 0 Å². The molecular formula is C26H31N5O. The second kappa shape index (κ2) is 8.99. The van der Waals surface area contributed by atoms with Gasteiger partial charge in [-0.05, 0) is 86.7 Å². The van der Waals surface area contributed by atoms with Crippen molar-refractivity contribution < 1.29 is 4.79 Å². The molecule has 0 aliphatic carbocycles. The number of amides is 2. The highest BCUT2D eigenvalue weighted by Crippen LogP contribution is 2.26. The fourth-order valence-corrected chi connectivity index (χ4v) is 4.09. The molecule has 1 aromatic heterocycles. The van der Waals surface area contributed by atoms with Crippen LogP contribution in [0.5, 0.6) is 0 Å². The lowest BCUT2D eigenvalue weighted by Crippen LogP contribution is -2.50. The third kappa shape index (κ3) is 4.44. The lowest BCUT2D eigenvalue weighted by Gasteiger charge is -2.35. The van der Waals surface area contributed by atoms with Gasteiger partial charge in [0.2, 0.25) is 0 Å². The molecule has 1 aliphatic heterocycles. The third-order valence-corrected chi connectivity index (χ3v) is 6.50. The van der Waals surface area contributed by atoms with E-state index < -0.39 is 0 Å². The van der Waals surface area contributed by atoms with Crippen molar-refractivity contribution in [3.05, 3.63) is 70.3 Å². The molecule has 166 valence electrons. The number of carbonyl (C=O) groups excluding carboxylic acids is 1. The van der Waals surface area contributed by atoms with E-state index in [0.717, 1.165) is 41.4 Å². The number of carbonyl (C=O) groups is 1. The van der Waals surface area contributed by atoms with Crippen molar-refractivity contribution in [2.75, 3.05) is 36.4 Å². The highest BCUT2D eigenvalue weighted by molar-refractivity contribution is 5.90. The number of nitrogens with one attached hydrogen (secondary N) is 1. The Morgan fingerprint density at radius 2 is 1.53 bits per heavy atom. The first kappa shape index (κ1) is 21.8. The molecule has 4 rings (SSSR count). The summed E-state index contributed by atoms with van der Waals surface area (Å²) in [5, 5.41) is 12.0. The van der Waals surface area contributed by atoms with Gasteiger partial charge in [-0.1, -0.05) is 18.2 Å². The van der Waals surface area contributed by atoms with Crippen LogP contribution in [0.2, 0.25) is 0 Å². The summed E-state index contributed by atoms with van der Waals surface area (Å²) in [5.41, 5.74) is 8.92. The van der Waals surface area contributed by atoms with Crippen LogP contribution in [-0.2, 0) is 0 Å². The zero-order chi connectivity index (χ0) is 22.8. The van der Waals surface area contributed by atoms with E-state index in [1.165, 1.54) is 22.3 Å². The minimum Gasteiger partial charge on any atom is -0.352 e. The molecule has 6 nitrogen and oxygen atoms in total. The van der Waals surface area contributed by atoms with Gasteiger partial charge < -0.3 is 15.1 Å². The monoisotopic (exact) mass is 429 g/mol. The average Bonchev–Trinajstić information content (AvgIpc) is 2.79. The molecule has 0 spiro atoms. The molecule has 32 heavy (non-hydrogen) atoms. The maximum atomic E-state index is 12.7. The van der Waals surface area contributed by atoms with Crippen LogP contribution in [0.3, 0.4) is 0 Å². The molecule has 1 saturated heterocycles. The largest absolute Gasteiger partial charge is 0.352 e. The van der Waals surface area contributed by atoms with Crippen molar-refractivity contribution in [1.82, 2.24) is 15.1 Å². The Morgan fingerprint density at radius 1 is 0.812 bits per heavy atom. The topological polar surface area (TPSA) is 61.4 Å². The van der Waals surface area contributed by atoms with Crippen LogP contribution in [0.4, 0.5) is 16.3 Å². The average molecular weight is 430 g/mol. The molecule has 0 saturated carbocycles. The Bertz CT molecular complexity index is 1130. The molecule has 6 heteroatoms. The zero-order valence-electron chi connectivity index (χ0n) is 19.6. The number of hydrogen-bond acceptors (Lipinski definition) is 4. The summed E-state index contributed by atoms with van der Waals surface area (Å²) >= 11 is 0. The van der Waals surface area contributed by atoms with Crippen molar-refractivity contribution in [3.63, 3.8) is 0 Å². The summed E-state index contributed by atoms with van der Waals surface area (Å²) in [6.07, 6.45) is 0. The first-order valence-electron chi connectivity index (χ1n) is 11.1. The smallest absolute Gasteiger partial charge is 0.321 e. The number of nitrogens with zero attached hydrogens (tertiary/aromatic N) is 4. The maximum absolute atomic E-state index is 12.7. The minimum atomic E-state index is -0.0509. The van der Waals surface area contributed by atoms with E-state index in [1.807, 2.05) is 36.1 Å². The van der Waals surface area contributed by atoms with E-state index in [0.29, 0.717) is 13.1 Å². The van der Waals surface area contributed by atoms with Crippen LogP contribution in [-0.4, -0.2) is 47.3 Å². The van der Waals surface area contributed by atoms with Crippen molar-refractivity contribution in [2.24, 2.45) is 0 Å². The van der Waals surface area contributed by atoms with Gasteiger partial charge in [0.15, 0.2) is 5.82 Å². The second-order valence-electron chi connectivity index (χ2n) is 8.68. The van der Waals surface area contributed by atoms with Gasteiger partial charge in [-0.25, -0.2) is 4.79 Å². The number of rotatable bonds is 3.